The van der Waals surface area contributed by atoms with E-state index in [0.717, 1.165) is 11.4 Å². The number of benzene rings is 1. The zero-order chi connectivity index (χ0) is 12.8. The molecule has 2 rings (SSSR count). The number of nitrogens with one attached hydrogen (secondary N) is 1. The lowest BCUT2D eigenvalue weighted by atomic mass is 10.3. The molecule has 0 aliphatic carbocycles. The van der Waals surface area contributed by atoms with Crippen molar-refractivity contribution < 1.29 is 4.79 Å². The molecular formula is C11H13N5OS. The van der Waals surface area contributed by atoms with Gasteiger partial charge >= 0.3 is 0 Å². The molecule has 7 heteroatoms. The molecule has 0 saturated carbocycles. The average Bonchev–Trinajstić information content (AvgIpc) is 2.84. The number of carbonyl (C=O) groups excluding carboxylic acids is 1. The van der Waals surface area contributed by atoms with Gasteiger partial charge in [0.2, 0.25) is 11.1 Å². The minimum absolute atomic E-state index is 0.0294. The van der Waals surface area contributed by atoms with Gasteiger partial charge in [0, 0.05) is 19.2 Å². The van der Waals surface area contributed by atoms with E-state index in [9.17, 15) is 4.79 Å². The molecule has 1 aromatic carbocycles. The first-order chi connectivity index (χ1) is 8.77. The number of rotatable bonds is 5. The van der Waals surface area contributed by atoms with Crippen LogP contribution in [-0.2, 0) is 4.79 Å². The van der Waals surface area contributed by atoms with Crippen molar-refractivity contribution in [3.05, 3.63) is 30.3 Å². The number of hydrogen-bond acceptors (Lipinski definition) is 5. The Labute approximate surface area is 109 Å². The number of nitrogens with zero attached hydrogens (tertiary/aromatic N) is 4. The maximum atomic E-state index is 10.7. The average molecular weight is 263 g/mol. The van der Waals surface area contributed by atoms with E-state index in [4.69, 9.17) is 0 Å². The molecule has 0 unspecified atom stereocenters. The minimum Gasteiger partial charge on any atom is -0.356 e. The van der Waals surface area contributed by atoms with Crippen LogP contribution < -0.4 is 5.32 Å². The van der Waals surface area contributed by atoms with Gasteiger partial charge in [0.05, 0.1) is 5.69 Å². The third kappa shape index (κ3) is 3.30. The summed E-state index contributed by atoms with van der Waals surface area (Å²) in [7, 11) is 0. The van der Waals surface area contributed by atoms with Crippen LogP contribution in [0, 0.1) is 0 Å². The molecule has 1 aromatic heterocycles. The quantitative estimate of drug-likeness (QED) is 0.640. The van der Waals surface area contributed by atoms with Gasteiger partial charge in [0.15, 0.2) is 0 Å². The van der Waals surface area contributed by atoms with Crippen molar-refractivity contribution in [2.24, 2.45) is 0 Å². The highest BCUT2D eigenvalue weighted by Crippen LogP contribution is 2.16. The number of carbonyl (C=O) groups is 1. The minimum atomic E-state index is -0.0294. The number of amides is 1. The highest BCUT2D eigenvalue weighted by molar-refractivity contribution is 7.99. The summed E-state index contributed by atoms with van der Waals surface area (Å²) >= 11 is 1.50. The second-order valence-corrected chi connectivity index (χ2v) is 4.60. The van der Waals surface area contributed by atoms with Crippen molar-refractivity contribution in [2.45, 2.75) is 12.1 Å². The lowest BCUT2D eigenvalue weighted by Crippen LogP contribution is -2.22. The molecule has 0 atom stereocenters. The Hall–Kier alpha value is -1.89. The van der Waals surface area contributed by atoms with Crippen molar-refractivity contribution in [3.8, 4) is 5.69 Å². The molecule has 0 spiro atoms. The predicted octanol–water partition coefficient (Wildman–Crippen LogP) is 0.890. The summed E-state index contributed by atoms with van der Waals surface area (Å²) in [5.41, 5.74) is 0.921. The van der Waals surface area contributed by atoms with Gasteiger partial charge in [0.25, 0.3) is 0 Å². The lowest BCUT2D eigenvalue weighted by molar-refractivity contribution is -0.118. The van der Waals surface area contributed by atoms with E-state index in [1.54, 1.807) is 4.68 Å². The van der Waals surface area contributed by atoms with E-state index in [-0.39, 0.29) is 5.91 Å². The summed E-state index contributed by atoms with van der Waals surface area (Å²) in [4.78, 5) is 10.7. The molecule has 1 N–H and O–H groups in total. The molecular weight excluding hydrogens is 250 g/mol. The van der Waals surface area contributed by atoms with Crippen molar-refractivity contribution in [1.82, 2.24) is 25.5 Å². The van der Waals surface area contributed by atoms with Gasteiger partial charge < -0.3 is 5.32 Å². The molecule has 0 aliphatic heterocycles. The fourth-order valence-corrected chi connectivity index (χ4v) is 2.11. The maximum Gasteiger partial charge on any atom is 0.216 e. The number of para-hydroxylation sites is 1. The third-order valence-electron chi connectivity index (χ3n) is 2.15. The van der Waals surface area contributed by atoms with Crippen molar-refractivity contribution >= 4 is 17.7 Å². The van der Waals surface area contributed by atoms with Gasteiger partial charge in [-0.3, -0.25) is 4.79 Å². The van der Waals surface area contributed by atoms with Gasteiger partial charge in [-0.05, 0) is 22.6 Å². The van der Waals surface area contributed by atoms with Crippen LogP contribution in [-0.4, -0.2) is 38.4 Å². The number of tetrazole rings is 1. The van der Waals surface area contributed by atoms with E-state index >= 15 is 0 Å². The number of hydrogen-bond donors (Lipinski definition) is 1. The van der Waals surface area contributed by atoms with E-state index in [0.29, 0.717) is 11.7 Å². The Morgan fingerprint density at radius 1 is 1.39 bits per heavy atom. The summed E-state index contributed by atoms with van der Waals surface area (Å²) in [6, 6.07) is 9.69. The van der Waals surface area contributed by atoms with Crippen LogP contribution in [0.25, 0.3) is 5.69 Å². The Bertz CT molecular complexity index is 513. The van der Waals surface area contributed by atoms with Crippen LogP contribution in [0.5, 0.6) is 0 Å². The first-order valence-electron chi connectivity index (χ1n) is 5.48. The molecule has 0 fully saturated rings. The highest BCUT2D eigenvalue weighted by atomic mass is 32.2. The molecule has 2 aromatic rings. The third-order valence-corrected chi connectivity index (χ3v) is 3.07. The van der Waals surface area contributed by atoms with Crippen molar-refractivity contribution in [1.29, 1.82) is 0 Å². The van der Waals surface area contributed by atoms with Gasteiger partial charge in [-0.2, -0.15) is 4.68 Å². The first-order valence-corrected chi connectivity index (χ1v) is 6.47. The topological polar surface area (TPSA) is 72.7 Å². The summed E-state index contributed by atoms with van der Waals surface area (Å²) in [6.07, 6.45) is 0. The summed E-state index contributed by atoms with van der Waals surface area (Å²) in [6.45, 7) is 2.10. The Balaban J connectivity index is 1.98. The molecule has 18 heavy (non-hydrogen) atoms. The Kier molecular flexibility index (Phi) is 4.30. The van der Waals surface area contributed by atoms with Gasteiger partial charge in [-0.1, -0.05) is 30.0 Å². The zero-order valence-electron chi connectivity index (χ0n) is 9.91. The molecule has 94 valence electrons. The summed E-state index contributed by atoms with van der Waals surface area (Å²) in [5.74, 6) is 0.700. The van der Waals surface area contributed by atoms with Crippen LogP contribution in [0.15, 0.2) is 35.5 Å². The van der Waals surface area contributed by atoms with Crippen LogP contribution >= 0.6 is 11.8 Å². The Morgan fingerprint density at radius 3 is 2.89 bits per heavy atom. The summed E-state index contributed by atoms with van der Waals surface area (Å²) in [5, 5.41) is 15.0. The normalized spacial score (nSPS) is 10.3. The largest absolute Gasteiger partial charge is 0.356 e. The second-order valence-electron chi connectivity index (χ2n) is 3.54. The maximum absolute atomic E-state index is 10.7. The predicted molar refractivity (Wildman–Crippen MR) is 68.6 cm³/mol. The van der Waals surface area contributed by atoms with Gasteiger partial charge in [-0.15, -0.1) is 5.10 Å². The van der Waals surface area contributed by atoms with Crippen molar-refractivity contribution in [2.75, 3.05) is 12.3 Å². The Morgan fingerprint density at radius 2 is 2.17 bits per heavy atom. The summed E-state index contributed by atoms with van der Waals surface area (Å²) < 4.78 is 1.68. The van der Waals surface area contributed by atoms with Crippen LogP contribution in [0.4, 0.5) is 0 Å². The van der Waals surface area contributed by atoms with Crippen LogP contribution in [0.3, 0.4) is 0 Å². The molecule has 0 radical (unpaired) electrons. The van der Waals surface area contributed by atoms with E-state index in [1.807, 2.05) is 30.3 Å². The number of aromatic nitrogens is 4. The molecule has 6 nitrogen and oxygen atoms in total. The standard InChI is InChI=1S/C11H13N5OS/c1-9(17)12-7-8-18-11-13-14-15-16(11)10-5-3-2-4-6-10/h2-6H,7-8H2,1H3,(H,12,17). The highest BCUT2D eigenvalue weighted by Gasteiger charge is 2.07. The van der Waals surface area contributed by atoms with Crippen molar-refractivity contribution in [3.63, 3.8) is 0 Å². The number of thioether (sulfide) groups is 1. The second kappa shape index (κ2) is 6.15. The van der Waals surface area contributed by atoms with Crippen LogP contribution in [0.2, 0.25) is 0 Å². The van der Waals surface area contributed by atoms with Gasteiger partial charge in [-0.25, -0.2) is 0 Å². The first kappa shape index (κ1) is 12.6. The van der Waals surface area contributed by atoms with Gasteiger partial charge in [0.1, 0.15) is 0 Å². The smallest absolute Gasteiger partial charge is 0.216 e. The molecule has 0 aliphatic rings. The molecule has 0 saturated heterocycles. The lowest BCUT2D eigenvalue weighted by Gasteiger charge is -2.04. The fraction of sp³-hybridized carbons (Fsp3) is 0.273. The molecule has 0 bridgehead atoms. The molecule has 1 heterocycles. The monoisotopic (exact) mass is 263 g/mol. The fourth-order valence-electron chi connectivity index (χ4n) is 1.37. The van der Waals surface area contributed by atoms with Crippen LogP contribution in [0.1, 0.15) is 6.92 Å². The molecule has 1 amide bonds. The zero-order valence-corrected chi connectivity index (χ0v) is 10.7. The SMILES string of the molecule is CC(=O)NCCSc1nnnn1-c1ccccc1. The van der Waals surface area contributed by atoms with E-state index in [2.05, 4.69) is 20.8 Å². The van der Waals surface area contributed by atoms with E-state index in [1.165, 1.54) is 18.7 Å². The van der Waals surface area contributed by atoms with E-state index < -0.39 is 0 Å².